The summed E-state index contributed by atoms with van der Waals surface area (Å²) in [6.07, 6.45) is 0. The highest BCUT2D eigenvalue weighted by atomic mass is 79.9. The van der Waals surface area contributed by atoms with Gasteiger partial charge >= 0.3 is 14.2 Å². The molecular weight excluding hydrogens is 387 g/mol. The van der Waals surface area contributed by atoms with Gasteiger partial charge in [-0.1, -0.05) is 12.1 Å². The molecule has 0 saturated heterocycles. The van der Waals surface area contributed by atoms with Gasteiger partial charge in [0.05, 0.1) is 0 Å². The van der Waals surface area contributed by atoms with Crippen LogP contribution in [0.3, 0.4) is 0 Å². The van der Waals surface area contributed by atoms with Crippen molar-refractivity contribution < 1.29 is 9.05 Å². The summed E-state index contributed by atoms with van der Waals surface area (Å²) in [5.41, 5.74) is -0.369. The van der Waals surface area contributed by atoms with Gasteiger partial charge in [0.2, 0.25) is 0 Å². The Morgan fingerprint density at radius 1 is 1.09 bits per heavy atom. The Morgan fingerprint density at radius 3 is 2.30 bits per heavy atom. The Bertz CT molecular complexity index is 1050. The first-order chi connectivity index (χ1) is 11.0. The normalized spacial score (nSPS) is 13.9. The van der Waals surface area contributed by atoms with E-state index in [1.165, 1.54) is 11.6 Å². The number of rotatable bonds is 1. The smallest absolute Gasteiger partial charge is 0.418 e. The first-order valence-corrected chi connectivity index (χ1v) is 8.50. The van der Waals surface area contributed by atoms with Crippen molar-refractivity contribution in [2.24, 2.45) is 14.1 Å². The van der Waals surface area contributed by atoms with Crippen LogP contribution in [-0.4, -0.2) is 18.5 Å². The average molecular weight is 397 g/mol. The highest BCUT2D eigenvalue weighted by Gasteiger charge is 2.33. The van der Waals surface area contributed by atoms with Crippen LogP contribution in [0.4, 0.5) is 0 Å². The fourth-order valence-corrected chi connectivity index (χ4v) is 4.46. The molecule has 0 aliphatic carbocycles. The molecule has 0 amide bonds. The summed E-state index contributed by atoms with van der Waals surface area (Å²) in [4.78, 5) is 28.8. The highest BCUT2D eigenvalue weighted by molar-refractivity contribution is 9.10. The van der Waals surface area contributed by atoms with Crippen molar-refractivity contribution in [3.63, 3.8) is 0 Å². The van der Waals surface area contributed by atoms with E-state index in [0.717, 1.165) is 4.57 Å². The fraction of sp³-hybridized carbons (Fsp3) is 0.154. The molecule has 0 bridgehead atoms. The van der Waals surface area contributed by atoms with Crippen molar-refractivity contribution in [2.45, 2.75) is 0 Å². The van der Waals surface area contributed by atoms with Crippen molar-refractivity contribution >= 4 is 35.6 Å². The molecule has 23 heavy (non-hydrogen) atoms. The fourth-order valence-electron chi connectivity index (χ4n) is 2.37. The largest absolute Gasteiger partial charge is 0.424 e. The number of aromatic nitrogens is 4. The number of nitrogens with zero attached hydrogens (tertiary/aromatic N) is 4. The number of fused-ring (bicyclic) bond motifs is 2. The summed E-state index contributed by atoms with van der Waals surface area (Å²) in [6, 6.07) is 7.26. The third-order valence-corrected chi connectivity index (χ3v) is 5.79. The van der Waals surface area contributed by atoms with E-state index >= 15 is 0 Å². The minimum Gasteiger partial charge on any atom is -0.418 e. The number of halogens is 1. The van der Waals surface area contributed by atoms with Gasteiger partial charge in [-0.25, -0.2) is 14.1 Å². The quantitative estimate of drug-likeness (QED) is 0.462. The number of imidazole rings is 1. The number of para-hydroxylation sites is 2. The van der Waals surface area contributed by atoms with E-state index in [9.17, 15) is 9.59 Å². The summed E-state index contributed by atoms with van der Waals surface area (Å²) in [5, 5.41) is 0. The molecule has 4 rings (SSSR count). The molecule has 0 saturated carbocycles. The van der Waals surface area contributed by atoms with Crippen molar-refractivity contribution in [1.29, 1.82) is 0 Å². The maximum Gasteiger partial charge on any atom is 0.424 e. The summed E-state index contributed by atoms with van der Waals surface area (Å²) >= 11 is 3.33. The molecule has 0 spiro atoms. The van der Waals surface area contributed by atoms with Crippen LogP contribution in [0.15, 0.2) is 38.6 Å². The number of hydrogen-bond donors (Lipinski definition) is 0. The molecule has 0 fully saturated rings. The monoisotopic (exact) mass is 396 g/mol. The Morgan fingerprint density at radius 2 is 1.70 bits per heavy atom. The van der Waals surface area contributed by atoms with E-state index in [-0.39, 0.29) is 11.2 Å². The summed E-state index contributed by atoms with van der Waals surface area (Å²) < 4.78 is 15.9. The van der Waals surface area contributed by atoms with Gasteiger partial charge < -0.3 is 9.05 Å². The predicted octanol–water partition coefficient (Wildman–Crippen LogP) is 1.74. The zero-order valence-electron chi connectivity index (χ0n) is 12.1. The molecule has 0 atom stereocenters. The van der Waals surface area contributed by atoms with Crippen molar-refractivity contribution in [2.75, 3.05) is 0 Å². The maximum atomic E-state index is 12.5. The minimum atomic E-state index is -1.62. The molecule has 1 aliphatic rings. The number of aryl methyl sites for hydroxylation is 1. The lowest BCUT2D eigenvalue weighted by Crippen LogP contribution is -2.37. The molecule has 1 aromatic carbocycles. The first-order valence-electron chi connectivity index (χ1n) is 6.58. The Balaban J connectivity index is 1.98. The van der Waals surface area contributed by atoms with Crippen LogP contribution in [-0.2, 0) is 14.1 Å². The van der Waals surface area contributed by atoms with E-state index in [0.29, 0.717) is 16.2 Å². The molecule has 10 heteroatoms. The molecule has 0 N–H and O–H groups in total. The van der Waals surface area contributed by atoms with Crippen LogP contribution in [0, 0.1) is 0 Å². The topological polar surface area (TPSA) is 80.3 Å². The van der Waals surface area contributed by atoms with Gasteiger partial charge in [-0.15, -0.1) is 0 Å². The zero-order chi connectivity index (χ0) is 16.3. The second-order valence-electron chi connectivity index (χ2n) is 4.94. The molecule has 2 aromatic heterocycles. The number of hydrogen-bond acceptors (Lipinski definition) is 5. The van der Waals surface area contributed by atoms with Crippen molar-refractivity contribution in [3.8, 4) is 11.5 Å². The first kappa shape index (κ1) is 14.5. The summed E-state index contributed by atoms with van der Waals surface area (Å²) in [7, 11) is 1.36. The molecular formula is C13H10BrN4O4P. The average Bonchev–Trinajstić information content (AvgIpc) is 3.11. The molecule has 118 valence electrons. The molecule has 0 unspecified atom stereocenters. The van der Waals surface area contributed by atoms with Gasteiger partial charge in [0.25, 0.3) is 5.56 Å². The van der Waals surface area contributed by atoms with Crippen molar-refractivity contribution in [1.82, 2.24) is 18.5 Å². The van der Waals surface area contributed by atoms with Crippen LogP contribution in [0.2, 0.25) is 0 Å². The standard InChI is InChI=1S/C13H10BrN4O4P/c1-16-10-9(11(19)17(2)13(16)20)18(12(14)15-10)23-21-7-5-3-4-6-8(7)22-23/h3-6H,1-2H3. The molecule has 3 heterocycles. The van der Waals surface area contributed by atoms with E-state index in [4.69, 9.17) is 9.05 Å². The van der Waals surface area contributed by atoms with Crippen LogP contribution in [0.1, 0.15) is 0 Å². The Hall–Kier alpha value is -2.12. The summed E-state index contributed by atoms with van der Waals surface area (Å²) in [6.45, 7) is 0. The van der Waals surface area contributed by atoms with E-state index in [2.05, 4.69) is 20.9 Å². The van der Waals surface area contributed by atoms with E-state index in [1.54, 1.807) is 23.5 Å². The van der Waals surface area contributed by atoms with Gasteiger partial charge in [-0.05, 0) is 28.1 Å². The third kappa shape index (κ3) is 1.96. The lowest BCUT2D eigenvalue weighted by atomic mass is 10.3. The van der Waals surface area contributed by atoms with Crippen LogP contribution < -0.4 is 20.3 Å². The molecule has 1 aliphatic heterocycles. The van der Waals surface area contributed by atoms with Gasteiger partial charge in [-0.2, -0.15) is 0 Å². The second kappa shape index (κ2) is 4.94. The highest BCUT2D eigenvalue weighted by Crippen LogP contribution is 2.54. The maximum absolute atomic E-state index is 12.5. The SMILES string of the molecule is Cn1c(=O)c2c(nc(Br)n2P2Oc3ccccc3O2)n(C)c1=O. The molecule has 0 radical (unpaired) electrons. The van der Waals surface area contributed by atoms with Crippen LogP contribution >= 0.6 is 24.5 Å². The molecule has 8 nitrogen and oxygen atoms in total. The second-order valence-corrected chi connectivity index (χ2v) is 6.89. The lowest BCUT2D eigenvalue weighted by Gasteiger charge is -2.11. The van der Waals surface area contributed by atoms with Gasteiger partial charge in [-0.3, -0.25) is 13.9 Å². The van der Waals surface area contributed by atoms with Crippen LogP contribution in [0.5, 0.6) is 11.5 Å². The van der Waals surface area contributed by atoms with Crippen LogP contribution in [0.25, 0.3) is 11.2 Å². The van der Waals surface area contributed by atoms with Gasteiger partial charge in [0, 0.05) is 14.1 Å². The van der Waals surface area contributed by atoms with Gasteiger partial charge in [0.1, 0.15) is 0 Å². The van der Waals surface area contributed by atoms with E-state index < -0.39 is 19.8 Å². The van der Waals surface area contributed by atoms with E-state index in [1.807, 2.05) is 12.1 Å². The minimum absolute atomic E-state index is 0.250. The Labute approximate surface area is 139 Å². The third-order valence-electron chi connectivity index (χ3n) is 3.56. The predicted molar refractivity (Wildman–Crippen MR) is 87.9 cm³/mol. The summed E-state index contributed by atoms with van der Waals surface area (Å²) in [5.74, 6) is 1.21. The zero-order valence-corrected chi connectivity index (χ0v) is 14.5. The Kier molecular flexibility index (Phi) is 3.11. The van der Waals surface area contributed by atoms with Crippen molar-refractivity contribution in [3.05, 3.63) is 49.8 Å². The van der Waals surface area contributed by atoms with Gasteiger partial charge in [0.15, 0.2) is 27.4 Å². The molecule has 3 aromatic rings. The number of benzene rings is 1. The lowest BCUT2D eigenvalue weighted by molar-refractivity contribution is 0.558.